The highest BCUT2D eigenvalue weighted by molar-refractivity contribution is 7.90. The van der Waals surface area contributed by atoms with Gasteiger partial charge < -0.3 is 4.74 Å². The van der Waals surface area contributed by atoms with Gasteiger partial charge in [0.05, 0.1) is 13.2 Å². The van der Waals surface area contributed by atoms with Gasteiger partial charge in [-0.25, -0.2) is 12.8 Å². The molecule has 0 N–H and O–H groups in total. The quantitative estimate of drug-likeness (QED) is 0.520. The minimum absolute atomic E-state index is 0.224. The molecule has 31 heavy (non-hydrogen) atoms. The molecule has 0 aromatic heterocycles. The number of halogens is 6. The largest absolute Gasteiger partial charge is 0.493 e. The molecule has 1 saturated carbocycles. The van der Waals surface area contributed by atoms with Crippen LogP contribution in [0.1, 0.15) is 25.7 Å². The predicted octanol–water partition coefficient (Wildman–Crippen LogP) is 4.54. The molecule has 4 nitrogen and oxygen atoms in total. The van der Waals surface area contributed by atoms with Gasteiger partial charge in [0.15, 0.2) is 9.84 Å². The summed E-state index contributed by atoms with van der Waals surface area (Å²) in [7, 11) is -3.65. The molecule has 0 radical (unpaired) electrons. The van der Waals surface area contributed by atoms with E-state index in [1.54, 1.807) is 0 Å². The van der Waals surface area contributed by atoms with Crippen LogP contribution in [0.5, 0.6) is 5.75 Å². The van der Waals surface area contributed by atoms with Crippen molar-refractivity contribution < 1.29 is 39.5 Å². The van der Waals surface area contributed by atoms with Crippen LogP contribution in [-0.2, 0) is 9.84 Å². The molecule has 2 unspecified atom stereocenters. The van der Waals surface area contributed by atoms with E-state index in [2.05, 4.69) is 0 Å². The van der Waals surface area contributed by atoms with Crippen LogP contribution in [-0.4, -0.2) is 57.9 Å². The van der Waals surface area contributed by atoms with Gasteiger partial charge in [0.2, 0.25) is 0 Å². The average Bonchev–Trinajstić information content (AvgIpc) is 3.39. The van der Waals surface area contributed by atoms with E-state index in [9.17, 15) is 34.8 Å². The van der Waals surface area contributed by atoms with E-state index in [1.807, 2.05) is 0 Å². The van der Waals surface area contributed by atoms with Gasteiger partial charge in [0.25, 0.3) is 0 Å². The number of sulfone groups is 1. The first-order chi connectivity index (χ1) is 14.3. The molecule has 0 amide bonds. The fourth-order valence-electron chi connectivity index (χ4n) is 4.29. The van der Waals surface area contributed by atoms with Crippen LogP contribution in [0.2, 0.25) is 0 Å². The number of rotatable bonds is 8. The highest BCUT2D eigenvalue weighted by Gasteiger charge is 2.58. The van der Waals surface area contributed by atoms with Gasteiger partial charge in [0, 0.05) is 12.3 Å². The second-order valence-electron chi connectivity index (χ2n) is 8.48. The third kappa shape index (κ3) is 6.06. The number of likely N-dealkylation sites (tertiary alicyclic amines) is 1. The average molecular weight is 473 g/mol. The summed E-state index contributed by atoms with van der Waals surface area (Å²) in [6.07, 6.45) is -1.76. The first-order valence-electron chi connectivity index (χ1n) is 10.1. The molecular weight excluding hydrogens is 448 g/mol. The van der Waals surface area contributed by atoms with Gasteiger partial charge in [-0.3, -0.25) is 4.90 Å². The van der Waals surface area contributed by atoms with Crippen LogP contribution < -0.4 is 4.74 Å². The zero-order chi connectivity index (χ0) is 23.0. The summed E-state index contributed by atoms with van der Waals surface area (Å²) in [5.41, 5.74) is 0. The maximum absolute atomic E-state index is 13.9. The smallest absolute Gasteiger partial charge is 0.454 e. The van der Waals surface area contributed by atoms with E-state index in [0.29, 0.717) is 43.6 Å². The lowest BCUT2D eigenvalue weighted by Crippen LogP contribution is -2.49. The SMILES string of the molecule is CS(=O)(=O)c1ccc(OCCC2CC2C2CCN(CC(F)(F)C(F)(F)F)CC2)cc1F. The molecule has 2 aliphatic rings. The molecule has 176 valence electrons. The van der Waals surface area contributed by atoms with Crippen molar-refractivity contribution in [2.75, 3.05) is 32.5 Å². The van der Waals surface area contributed by atoms with Crippen LogP contribution in [0, 0.1) is 23.6 Å². The van der Waals surface area contributed by atoms with Crippen LogP contribution in [0.3, 0.4) is 0 Å². The Hall–Kier alpha value is -1.49. The van der Waals surface area contributed by atoms with Crippen molar-refractivity contribution in [1.82, 2.24) is 4.90 Å². The lowest BCUT2D eigenvalue weighted by Gasteiger charge is -2.34. The van der Waals surface area contributed by atoms with E-state index in [1.165, 1.54) is 11.0 Å². The number of piperidine rings is 1. The molecule has 1 heterocycles. The van der Waals surface area contributed by atoms with E-state index in [-0.39, 0.29) is 23.7 Å². The van der Waals surface area contributed by atoms with Crippen molar-refractivity contribution in [3.63, 3.8) is 0 Å². The molecule has 11 heteroatoms. The molecule has 1 saturated heterocycles. The summed E-state index contributed by atoms with van der Waals surface area (Å²) in [6, 6.07) is 3.60. The van der Waals surface area contributed by atoms with Crippen molar-refractivity contribution in [2.45, 2.75) is 42.7 Å². The van der Waals surface area contributed by atoms with Crippen LogP contribution in [0.15, 0.2) is 23.1 Å². The lowest BCUT2D eigenvalue weighted by atomic mass is 9.90. The van der Waals surface area contributed by atoms with Crippen molar-refractivity contribution in [1.29, 1.82) is 0 Å². The Morgan fingerprint density at radius 1 is 1.13 bits per heavy atom. The summed E-state index contributed by atoms with van der Waals surface area (Å²) < 4.78 is 106. The molecule has 0 bridgehead atoms. The minimum atomic E-state index is -5.53. The van der Waals surface area contributed by atoms with Crippen molar-refractivity contribution in [3.8, 4) is 5.75 Å². The summed E-state index contributed by atoms with van der Waals surface area (Å²) >= 11 is 0. The van der Waals surface area contributed by atoms with Gasteiger partial charge in [-0.1, -0.05) is 0 Å². The second kappa shape index (κ2) is 8.80. The third-order valence-corrected chi connectivity index (χ3v) is 7.24. The van der Waals surface area contributed by atoms with Crippen LogP contribution in [0.25, 0.3) is 0 Å². The zero-order valence-corrected chi connectivity index (χ0v) is 17.8. The third-order valence-electron chi connectivity index (χ3n) is 6.11. The Morgan fingerprint density at radius 3 is 2.32 bits per heavy atom. The van der Waals surface area contributed by atoms with Gasteiger partial charge in [-0.05, 0) is 68.7 Å². The lowest BCUT2D eigenvalue weighted by molar-refractivity contribution is -0.287. The van der Waals surface area contributed by atoms with E-state index >= 15 is 0 Å². The fourth-order valence-corrected chi connectivity index (χ4v) is 5.02. The monoisotopic (exact) mass is 473 g/mol. The Kier molecular flexibility index (Phi) is 6.86. The number of hydrogen-bond acceptors (Lipinski definition) is 4. The number of alkyl halides is 5. The molecule has 1 aliphatic carbocycles. The van der Waals surface area contributed by atoms with Crippen LogP contribution >= 0.6 is 0 Å². The summed E-state index contributed by atoms with van der Waals surface area (Å²) in [5.74, 6) is -4.25. The van der Waals surface area contributed by atoms with E-state index in [0.717, 1.165) is 24.8 Å². The molecule has 2 fully saturated rings. The molecule has 0 spiro atoms. The van der Waals surface area contributed by atoms with Crippen LogP contribution in [0.4, 0.5) is 26.3 Å². The standard InChI is InChI=1S/C20H25F6NO3S/c1-31(28,29)18-3-2-15(11-17(18)21)30-9-6-14-10-16(14)13-4-7-27(8-5-13)12-19(22,23)20(24,25)26/h2-3,11,13-14,16H,4-10,12H2,1H3. The van der Waals surface area contributed by atoms with Crippen molar-refractivity contribution in [3.05, 3.63) is 24.0 Å². The Bertz CT molecular complexity index is 881. The Labute approximate surface area is 177 Å². The zero-order valence-electron chi connectivity index (χ0n) is 17.0. The fraction of sp³-hybridized carbons (Fsp3) is 0.700. The number of hydrogen-bond donors (Lipinski definition) is 0. The van der Waals surface area contributed by atoms with Gasteiger partial charge in [-0.2, -0.15) is 22.0 Å². The highest BCUT2D eigenvalue weighted by atomic mass is 32.2. The maximum atomic E-state index is 13.9. The topological polar surface area (TPSA) is 46.6 Å². The van der Waals surface area contributed by atoms with Crippen molar-refractivity contribution >= 4 is 9.84 Å². The Morgan fingerprint density at radius 2 is 1.77 bits per heavy atom. The second-order valence-corrected chi connectivity index (χ2v) is 10.5. The van der Waals surface area contributed by atoms with Gasteiger partial charge >= 0.3 is 12.1 Å². The minimum Gasteiger partial charge on any atom is -0.493 e. The highest BCUT2D eigenvalue weighted by Crippen LogP contribution is 2.50. The molecule has 2 atom stereocenters. The van der Waals surface area contributed by atoms with E-state index in [4.69, 9.17) is 4.74 Å². The predicted molar refractivity (Wildman–Crippen MR) is 101 cm³/mol. The number of benzene rings is 1. The molecule has 1 aromatic carbocycles. The maximum Gasteiger partial charge on any atom is 0.454 e. The first-order valence-corrected chi connectivity index (χ1v) is 12.0. The molecule has 1 aromatic rings. The normalized spacial score (nSPS) is 23.7. The molecule has 1 aliphatic heterocycles. The molecular formula is C20H25F6NO3S. The summed E-state index contributed by atoms with van der Waals surface area (Å²) in [5, 5.41) is 0. The number of nitrogens with zero attached hydrogens (tertiary/aromatic N) is 1. The van der Waals surface area contributed by atoms with Gasteiger partial charge in [-0.15, -0.1) is 0 Å². The number of ether oxygens (including phenoxy) is 1. The first kappa shape index (κ1) is 24.2. The van der Waals surface area contributed by atoms with E-state index < -0.39 is 34.3 Å². The molecule has 3 rings (SSSR count). The van der Waals surface area contributed by atoms with Gasteiger partial charge in [0.1, 0.15) is 16.5 Å². The summed E-state index contributed by atoms with van der Waals surface area (Å²) in [6.45, 7) is -0.515. The Balaban J connectivity index is 1.39. The summed E-state index contributed by atoms with van der Waals surface area (Å²) in [4.78, 5) is 0.792. The van der Waals surface area contributed by atoms with Crippen molar-refractivity contribution in [2.24, 2.45) is 17.8 Å².